The van der Waals surface area contributed by atoms with Gasteiger partial charge in [0.1, 0.15) is 0 Å². The van der Waals surface area contributed by atoms with Crippen molar-refractivity contribution in [3.05, 3.63) is 41.7 Å². The van der Waals surface area contributed by atoms with E-state index < -0.39 is 0 Å². The van der Waals surface area contributed by atoms with E-state index in [-0.39, 0.29) is 4.83 Å². The molecule has 0 bridgehead atoms. The highest BCUT2D eigenvalue weighted by atomic mass is 79.9. The summed E-state index contributed by atoms with van der Waals surface area (Å²) in [6.45, 7) is 4.18. The second kappa shape index (κ2) is 4.78. The number of hydrogen-bond acceptors (Lipinski definition) is 2. The molecule has 1 unspecified atom stereocenters. The van der Waals surface area contributed by atoms with Gasteiger partial charge in [-0.1, -0.05) is 40.2 Å². The van der Waals surface area contributed by atoms with Gasteiger partial charge < -0.3 is 0 Å². The maximum absolute atomic E-state index is 4.12. The zero-order valence-electron chi connectivity index (χ0n) is 9.39. The summed E-state index contributed by atoms with van der Waals surface area (Å²) in [5.74, 6) is 0. The van der Waals surface area contributed by atoms with Gasteiger partial charge >= 0.3 is 0 Å². The average Bonchev–Trinajstić information content (AvgIpc) is 2.78. The number of alkyl halides is 1. The van der Waals surface area contributed by atoms with Gasteiger partial charge in [-0.25, -0.2) is 4.68 Å². The molecule has 84 valence electrons. The minimum Gasteiger partial charge on any atom is -0.220 e. The molecule has 0 aliphatic heterocycles. The Morgan fingerprint density at radius 2 is 2.25 bits per heavy atom. The third-order valence-corrected chi connectivity index (χ3v) is 2.97. The van der Waals surface area contributed by atoms with Crippen LogP contribution in [0.5, 0.6) is 0 Å². The fourth-order valence-electron chi connectivity index (χ4n) is 1.50. The predicted molar refractivity (Wildman–Crippen MR) is 68.1 cm³/mol. The fourth-order valence-corrected chi connectivity index (χ4v) is 1.71. The van der Waals surface area contributed by atoms with Gasteiger partial charge in [-0.3, -0.25) is 0 Å². The topological polar surface area (TPSA) is 30.7 Å². The van der Waals surface area contributed by atoms with E-state index in [9.17, 15) is 0 Å². The molecule has 2 aromatic rings. The molecule has 3 nitrogen and oxygen atoms in total. The number of aryl methyl sites for hydroxylation is 1. The summed E-state index contributed by atoms with van der Waals surface area (Å²) in [7, 11) is 0. The van der Waals surface area contributed by atoms with Crippen molar-refractivity contribution in [2.75, 3.05) is 0 Å². The highest BCUT2D eigenvalue weighted by Gasteiger charge is 2.07. The van der Waals surface area contributed by atoms with Crippen LogP contribution in [-0.4, -0.2) is 15.0 Å². The van der Waals surface area contributed by atoms with Gasteiger partial charge in [0.25, 0.3) is 0 Å². The first-order valence-corrected chi connectivity index (χ1v) is 6.28. The van der Waals surface area contributed by atoms with Crippen molar-refractivity contribution in [1.82, 2.24) is 15.0 Å². The maximum atomic E-state index is 4.12. The number of benzene rings is 1. The van der Waals surface area contributed by atoms with Gasteiger partial charge in [-0.05, 0) is 31.0 Å². The number of hydrogen-bond donors (Lipinski definition) is 0. The molecule has 0 aliphatic rings. The molecule has 0 aliphatic carbocycles. The van der Waals surface area contributed by atoms with Gasteiger partial charge in [0.2, 0.25) is 0 Å². The minimum atomic E-state index is 0.232. The second-order valence-corrected chi connectivity index (χ2v) is 5.10. The van der Waals surface area contributed by atoms with Crippen molar-refractivity contribution in [2.45, 2.75) is 25.1 Å². The van der Waals surface area contributed by atoms with Crippen molar-refractivity contribution in [1.29, 1.82) is 0 Å². The van der Waals surface area contributed by atoms with E-state index >= 15 is 0 Å². The van der Waals surface area contributed by atoms with Crippen LogP contribution in [0.15, 0.2) is 30.5 Å². The average molecular weight is 280 g/mol. The van der Waals surface area contributed by atoms with E-state index in [4.69, 9.17) is 0 Å². The van der Waals surface area contributed by atoms with Gasteiger partial charge in [-0.15, -0.1) is 5.10 Å². The Labute approximate surface area is 104 Å². The predicted octanol–water partition coefficient (Wildman–Crippen LogP) is 3.29. The molecule has 0 amide bonds. The zero-order chi connectivity index (χ0) is 11.5. The maximum Gasteiger partial charge on any atom is 0.0965 e. The van der Waals surface area contributed by atoms with Crippen LogP contribution < -0.4 is 0 Å². The number of halogens is 1. The lowest BCUT2D eigenvalue weighted by atomic mass is 10.1. The van der Waals surface area contributed by atoms with Crippen molar-refractivity contribution < 1.29 is 0 Å². The molecular formula is C12H14BrN3. The minimum absolute atomic E-state index is 0.232. The van der Waals surface area contributed by atoms with Crippen molar-refractivity contribution in [3.8, 4) is 5.69 Å². The van der Waals surface area contributed by atoms with Crippen LogP contribution in [-0.2, 0) is 6.42 Å². The van der Waals surface area contributed by atoms with E-state index in [1.54, 1.807) is 0 Å². The van der Waals surface area contributed by atoms with Crippen LogP contribution >= 0.6 is 15.9 Å². The number of rotatable bonds is 3. The van der Waals surface area contributed by atoms with Crippen LogP contribution in [0.3, 0.4) is 0 Å². The van der Waals surface area contributed by atoms with Crippen LogP contribution in [0.25, 0.3) is 5.69 Å². The van der Waals surface area contributed by atoms with Crippen LogP contribution in [0.2, 0.25) is 0 Å². The van der Waals surface area contributed by atoms with Gasteiger partial charge in [0.05, 0.1) is 22.4 Å². The highest BCUT2D eigenvalue weighted by Crippen LogP contribution is 2.19. The van der Waals surface area contributed by atoms with Gasteiger partial charge in [0, 0.05) is 0 Å². The molecule has 1 heterocycles. The lowest BCUT2D eigenvalue weighted by Crippen LogP contribution is -1.95. The largest absolute Gasteiger partial charge is 0.220 e. The monoisotopic (exact) mass is 279 g/mol. The lowest BCUT2D eigenvalue weighted by molar-refractivity contribution is 0.796. The molecule has 0 fully saturated rings. The Morgan fingerprint density at radius 1 is 1.44 bits per heavy atom. The molecule has 1 aromatic heterocycles. The summed E-state index contributed by atoms with van der Waals surface area (Å²) in [6, 6.07) is 8.34. The summed E-state index contributed by atoms with van der Waals surface area (Å²) in [5.41, 5.74) is 3.31. The van der Waals surface area contributed by atoms with Gasteiger partial charge in [-0.2, -0.15) is 0 Å². The third kappa shape index (κ3) is 2.32. The van der Waals surface area contributed by atoms with Crippen molar-refractivity contribution >= 4 is 15.9 Å². The summed E-state index contributed by atoms with van der Waals surface area (Å²) in [4.78, 5) is 0.232. The standard InChI is InChI=1S/C12H14BrN3/c1-3-10-5-4-6-11(7-10)16-8-12(9(2)13)14-15-16/h4-9H,3H2,1-2H3. The van der Waals surface area contributed by atoms with Crippen LogP contribution in [0.1, 0.15) is 29.9 Å². The molecular weight excluding hydrogens is 266 g/mol. The van der Waals surface area contributed by atoms with Crippen LogP contribution in [0, 0.1) is 0 Å². The fraction of sp³-hybridized carbons (Fsp3) is 0.333. The van der Waals surface area contributed by atoms with Crippen molar-refractivity contribution in [3.63, 3.8) is 0 Å². The Balaban J connectivity index is 2.34. The lowest BCUT2D eigenvalue weighted by Gasteiger charge is -2.02. The molecule has 1 aromatic carbocycles. The normalized spacial score (nSPS) is 12.7. The van der Waals surface area contributed by atoms with Crippen LogP contribution in [0.4, 0.5) is 0 Å². The molecule has 0 N–H and O–H groups in total. The Bertz CT molecular complexity index is 477. The van der Waals surface area contributed by atoms with E-state index in [0.29, 0.717) is 0 Å². The molecule has 0 saturated carbocycles. The number of nitrogens with zero attached hydrogens (tertiary/aromatic N) is 3. The van der Waals surface area contributed by atoms with E-state index in [1.165, 1.54) is 5.56 Å². The Kier molecular flexibility index (Phi) is 3.39. The third-order valence-electron chi connectivity index (χ3n) is 2.50. The second-order valence-electron chi connectivity index (χ2n) is 3.73. The first-order chi connectivity index (χ1) is 7.70. The molecule has 0 spiro atoms. The number of aromatic nitrogens is 3. The summed E-state index contributed by atoms with van der Waals surface area (Å²) >= 11 is 3.48. The Hall–Kier alpha value is -1.16. The molecule has 0 radical (unpaired) electrons. The summed E-state index contributed by atoms with van der Waals surface area (Å²) < 4.78 is 1.81. The van der Waals surface area contributed by atoms with E-state index in [0.717, 1.165) is 17.8 Å². The van der Waals surface area contributed by atoms with E-state index in [1.807, 2.05) is 29.9 Å². The SMILES string of the molecule is CCc1cccc(-n2cc(C(C)Br)nn2)c1. The van der Waals surface area contributed by atoms with Gasteiger partial charge in [0.15, 0.2) is 0 Å². The summed E-state index contributed by atoms with van der Waals surface area (Å²) in [6.07, 6.45) is 2.98. The molecule has 16 heavy (non-hydrogen) atoms. The quantitative estimate of drug-likeness (QED) is 0.808. The molecule has 1 atom stereocenters. The highest BCUT2D eigenvalue weighted by molar-refractivity contribution is 9.09. The zero-order valence-corrected chi connectivity index (χ0v) is 11.0. The van der Waals surface area contributed by atoms with Crippen molar-refractivity contribution in [2.24, 2.45) is 0 Å². The molecule has 4 heteroatoms. The van der Waals surface area contributed by atoms with E-state index in [2.05, 4.69) is 45.3 Å². The Morgan fingerprint density at radius 3 is 2.88 bits per heavy atom. The summed E-state index contributed by atoms with van der Waals surface area (Å²) in [5, 5.41) is 8.23. The first-order valence-electron chi connectivity index (χ1n) is 5.36. The first kappa shape index (κ1) is 11.3. The molecule has 0 saturated heterocycles. The smallest absolute Gasteiger partial charge is 0.0965 e. The molecule has 2 rings (SSSR count).